The van der Waals surface area contributed by atoms with Crippen molar-refractivity contribution in [3.8, 4) is 0 Å². The van der Waals surface area contributed by atoms with Crippen LogP contribution in [-0.2, 0) is 0 Å². The van der Waals surface area contributed by atoms with Gasteiger partial charge in [-0.05, 0) is 24.0 Å². The number of carbonyl (C=O) groups is 1. The number of benzene rings is 1. The first-order chi connectivity index (χ1) is 13.1. The van der Waals surface area contributed by atoms with Crippen LogP contribution in [0.5, 0.6) is 0 Å². The molecule has 1 heterocycles. The third kappa shape index (κ3) is 6.57. The lowest BCUT2D eigenvalue weighted by Crippen LogP contribution is -2.27. The Hall–Kier alpha value is -2.03. The van der Waals surface area contributed by atoms with Crippen molar-refractivity contribution < 1.29 is 4.79 Å². The van der Waals surface area contributed by atoms with Crippen LogP contribution in [0.1, 0.15) is 16.1 Å². The Morgan fingerprint density at radius 3 is 2.56 bits per heavy atom. The van der Waals surface area contributed by atoms with Gasteiger partial charge in [-0.2, -0.15) is 5.10 Å². The molecule has 27 heavy (non-hydrogen) atoms. The highest BCUT2D eigenvalue weighted by atomic mass is 35.5. The first-order valence-corrected chi connectivity index (χ1v) is 10.3. The van der Waals surface area contributed by atoms with Crippen molar-refractivity contribution in [1.82, 2.24) is 15.4 Å². The molecule has 1 aromatic carbocycles. The number of rotatable bonds is 9. The Morgan fingerprint density at radius 2 is 1.96 bits per heavy atom. The molecule has 0 aliphatic rings. The van der Waals surface area contributed by atoms with E-state index in [4.69, 9.17) is 23.2 Å². The van der Waals surface area contributed by atoms with E-state index in [1.807, 2.05) is 24.3 Å². The highest BCUT2D eigenvalue weighted by Crippen LogP contribution is 2.15. The van der Waals surface area contributed by atoms with Crippen LogP contribution in [-0.4, -0.2) is 53.2 Å². The number of hydrogen-bond acceptors (Lipinski definition) is 6. The molecule has 0 bridgehead atoms. The van der Waals surface area contributed by atoms with E-state index in [2.05, 4.69) is 25.4 Å². The highest BCUT2D eigenvalue weighted by molar-refractivity contribution is 7.98. The summed E-state index contributed by atoms with van der Waals surface area (Å²) in [5, 5.41) is 4.28. The number of thioether (sulfide) groups is 1. The minimum atomic E-state index is -0.556. The second-order valence-electron chi connectivity index (χ2n) is 5.30. The first kappa shape index (κ1) is 21.3. The van der Waals surface area contributed by atoms with E-state index in [1.54, 1.807) is 6.26 Å². The van der Waals surface area contributed by atoms with Gasteiger partial charge < -0.3 is 9.88 Å². The third-order valence-electron chi connectivity index (χ3n) is 3.49. The van der Waals surface area contributed by atoms with Crippen LogP contribution >= 0.6 is 35.0 Å². The summed E-state index contributed by atoms with van der Waals surface area (Å²) in [4.78, 5) is 32.2. The zero-order valence-electron chi connectivity index (χ0n) is 14.6. The summed E-state index contributed by atoms with van der Waals surface area (Å²) in [5.74, 6) is 0.473. The molecule has 0 spiro atoms. The number of anilines is 1. The Morgan fingerprint density at radius 1 is 1.30 bits per heavy atom. The maximum Gasteiger partial charge on any atom is 0.290 e. The SMILES string of the molecule is CSc1nc(C(=O)N/N=C/c2ccc(N(CCCl)CCCl)cc2)cc(=O)[nH]1. The number of nitrogens with zero attached hydrogens (tertiary/aromatic N) is 3. The van der Waals surface area contributed by atoms with E-state index in [-0.39, 0.29) is 5.69 Å². The molecule has 1 amide bonds. The van der Waals surface area contributed by atoms with E-state index in [9.17, 15) is 9.59 Å². The molecule has 2 aromatic rings. The van der Waals surface area contributed by atoms with E-state index in [0.29, 0.717) is 30.0 Å². The highest BCUT2D eigenvalue weighted by Gasteiger charge is 2.09. The number of hydrazone groups is 1. The average Bonchev–Trinajstić information content (AvgIpc) is 2.67. The van der Waals surface area contributed by atoms with Crippen LogP contribution in [0.2, 0.25) is 0 Å². The van der Waals surface area contributed by atoms with Gasteiger partial charge in [0.05, 0.1) is 6.21 Å². The zero-order chi connectivity index (χ0) is 19.6. The molecule has 10 heteroatoms. The molecule has 2 N–H and O–H groups in total. The molecule has 0 aliphatic heterocycles. The summed E-state index contributed by atoms with van der Waals surface area (Å²) >= 11 is 12.9. The number of carbonyl (C=O) groups excluding carboxylic acids is 1. The zero-order valence-corrected chi connectivity index (χ0v) is 16.9. The minimum Gasteiger partial charge on any atom is -0.369 e. The van der Waals surface area contributed by atoms with E-state index >= 15 is 0 Å². The van der Waals surface area contributed by atoms with Crippen LogP contribution in [0.15, 0.2) is 45.4 Å². The van der Waals surface area contributed by atoms with Gasteiger partial charge in [-0.3, -0.25) is 9.59 Å². The van der Waals surface area contributed by atoms with Crippen molar-refractivity contribution in [1.29, 1.82) is 0 Å². The van der Waals surface area contributed by atoms with Gasteiger partial charge in [0.25, 0.3) is 11.5 Å². The Labute approximate surface area is 171 Å². The number of H-pyrrole nitrogens is 1. The minimum absolute atomic E-state index is 0.00777. The number of aromatic nitrogens is 2. The predicted octanol–water partition coefficient (Wildman–Crippen LogP) is 2.54. The molecule has 0 fully saturated rings. The topological polar surface area (TPSA) is 90.4 Å². The van der Waals surface area contributed by atoms with Crippen molar-refractivity contribution in [2.24, 2.45) is 5.10 Å². The molecular formula is C17H19Cl2N5O2S. The molecule has 0 saturated carbocycles. The largest absolute Gasteiger partial charge is 0.369 e. The van der Waals surface area contributed by atoms with Crippen LogP contribution in [0.25, 0.3) is 0 Å². The summed E-state index contributed by atoms with van der Waals surface area (Å²) in [6, 6.07) is 8.74. The quantitative estimate of drug-likeness (QED) is 0.211. The molecule has 2 rings (SSSR count). The smallest absolute Gasteiger partial charge is 0.290 e. The van der Waals surface area contributed by atoms with Gasteiger partial charge in [0.1, 0.15) is 5.69 Å². The average molecular weight is 428 g/mol. The number of amides is 1. The van der Waals surface area contributed by atoms with E-state index in [1.165, 1.54) is 18.0 Å². The molecular weight excluding hydrogens is 409 g/mol. The standard InChI is InChI=1S/C17H19Cl2N5O2S/c1-27-17-21-14(10-15(25)22-17)16(26)23-20-11-12-2-4-13(5-3-12)24(8-6-18)9-7-19/h2-5,10-11H,6-9H2,1H3,(H,23,26)(H,21,22,25)/b20-11+. The molecule has 0 atom stereocenters. The molecule has 0 radical (unpaired) electrons. The Balaban J connectivity index is 2.00. The predicted molar refractivity (Wildman–Crippen MR) is 112 cm³/mol. The van der Waals surface area contributed by atoms with Crippen LogP contribution < -0.4 is 15.9 Å². The van der Waals surface area contributed by atoms with Crippen molar-refractivity contribution in [3.63, 3.8) is 0 Å². The van der Waals surface area contributed by atoms with Crippen molar-refractivity contribution in [2.75, 3.05) is 36.0 Å². The van der Waals surface area contributed by atoms with Gasteiger partial charge in [0.2, 0.25) is 0 Å². The van der Waals surface area contributed by atoms with Gasteiger partial charge in [-0.15, -0.1) is 23.2 Å². The molecule has 1 aromatic heterocycles. The molecule has 0 unspecified atom stereocenters. The van der Waals surface area contributed by atoms with Crippen LogP contribution in [0, 0.1) is 0 Å². The van der Waals surface area contributed by atoms with E-state index in [0.717, 1.165) is 17.3 Å². The van der Waals surface area contributed by atoms with Crippen LogP contribution in [0.4, 0.5) is 5.69 Å². The summed E-state index contributed by atoms with van der Waals surface area (Å²) < 4.78 is 0. The number of hydrogen-bond donors (Lipinski definition) is 2. The van der Waals surface area contributed by atoms with Gasteiger partial charge in [0.15, 0.2) is 5.16 Å². The molecule has 144 valence electrons. The van der Waals surface area contributed by atoms with Gasteiger partial charge in [0, 0.05) is 36.6 Å². The molecule has 7 nitrogen and oxygen atoms in total. The first-order valence-electron chi connectivity index (χ1n) is 8.03. The van der Waals surface area contributed by atoms with Gasteiger partial charge in [-0.25, -0.2) is 10.4 Å². The van der Waals surface area contributed by atoms with Gasteiger partial charge >= 0.3 is 0 Å². The lowest BCUT2D eigenvalue weighted by Gasteiger charge is -2.22. The van der Waals surface area contributed by atoms with Crippen molar-refractivity contribution >= 4 is 52.8 Å². The second kappa shape index (κ2) is 11.0. The van der Waals surface area contributed by atoms with Crippen LogP contribution in [0.3, 0.4) is 0 Å². The number of alkyl halides is 2. The molecule has 0 aliphatic carbocycles. The number of aromatic amines is 1. The fourth-order valence-electron chi connectivity index (χ4n) is 2.22. The fraction of sp³-hybridized carbons (Fsp3) is 0.294. The number of halogens is 2. The van der Waals surface area contributed by atoms with E-state index < -0.39 is 11.5 Å². The Kier molecular flexibility index (Phi) is 8.63. The summed E-state index contributed by atoms with van der Waals surface area (Å²) in [6.45, 7) is 1.41. The summed E-state index contributed by atoms with van der Waals surface area (Å²) in [7, 11) is 0. The number of nitrogens with one attached hydrogen (secondary N) is 2. The van der Waals surface area contributed by atoms with Crippen molar-refractivity contribution in [3.05, 3.63) is 51.9 Å². The second-order valence-corrected chi connectivity index (χ2v) is 6.85. The lowest BCUT2D eigenvalue weighted by molar-refractivity contribution is 0.0949. The maximum absolute atomic E-state index is 12.1. The Bertz CT molecular complexity index is 836. The van der Waals surface area contributed by atoms with Crippen molar-refractivity contribution in [2.45, 2.75) is 5.16 Å². The van der Waals surface area contributed by atoms with Gasteiger partial charge in [-0.1, -0.05) is 23.9 Å². The summed E-state index contributed by atoms with van der Waals surface area (Å²) in [5.41, 5.74) is 3.80. The molecule has 0 saturated heterocycles. The fourth-order valence-corrected chi connectivity index (χ4v) is 3.02. The maximum atomic E-state index is 12.1. The monoisotopic (exact) mass is 427 g/mol. The summed E-state index contributed by atoms with van der Waals surface area (Å²) in [6.07, 6.45) is 3.26. The lowest BCUT2D eigenvalue weighted by atomic mass is 10.2. The third-order valence-corrected chi connectivity index (χ3v) is 4.41. The normalized spacial score (nSPS) is 10.9.